The zero-order chi connectivity index (χ0) is 17.5. The van der Waals surface area contributed by atoms with Crippen molar-refractivity contribution in [1.82, 2.24) is 4.98 Å². The van der Waals surface area contributed by atoms with Crippen molar-refractivity contribution >= 4 is 38.6 Å². The van der Waals surface area contributed by atoms with Gasteiger partial charge in [-0.05, 0) is 18.2 Å². The number of nitrogens with one attached hydrogen (secondary N) is 1. The number of anilines is 1. The predicted octanol–water partition coefficient (Wildman–Crippen LogP) is 4.92. The molecule has 0 amide bonds. The molecule has 124 valence electrons. The highest BCUT2D eigenvalue weighted by atomic mass is 79.9. The van der Waals surface area contributed by atoms with Crippen molar-refractivity contribution in [2.24, 2.45) is 5.10 Å². The Morgan fingerprint density at radius 2 is 2.12 bits per heavy atom. The normalized spacial score (nSPS) is 10.6. The van der Waals surface area contributed by atoms with Gasteiger partial charge in [-0.15, -0.1) is 11.3 Å². The monoisotopic (exact) mass is 412 g/mol. The summed E-state index contributed by atoms with van der Waals surface area (Å²) < 4.78 is 6.29. The van der Waals surface area contributed by atoms with Gasteiger partial charge in [-0.1, -0.05) is 46.3 Å². The Morgan fingerprint density at radius 3 is 2.92 bits per heavy atom. The molecule has 3 aromatic rings. The third-order valence-corrected chi connectivity index (χ3v) is 4.44. The van der Waals surface area contributed by atoms with Gasteiger partial charge in [-0.3, -0.25) is 5.43 Å². The number of aromatic nitrogens is 1. The SMILES string of the molecule is N#CCOc1ccc(Br)cc1C=NNc1nc(-c2ccccc2)cs1. The van der Waals surface area contributed by atoms with Crippen LogP contribution in [-0.4, -0.2) is 17.8 Å². The Labute approximate surface area is 157 Å². The number of hydrogen-bond acceptors (Lipinski definition) is 6. The molecule has 0 bridgehead atoms. The molecule has 0 saturated carbocycles. The van der Waals surface area contributed by atoms with Gasteiger partial charge in [-0.25, -0.2) is 4.98 Å². The molecule has 1 N–H and O–H groups in total. The smallest absolute Gasteiger partial charge is 0.203 e. The van der Waals surface area contributed by atoms with Gasteiger partial charge in [0.05, 0.1) is 11.9 Å². The summed E-state index contributed by atoms with van der Waals surface area (Å²) in [6.45, 7) is -0.0111. The summed E-state index contributed by atoms with van der Waals surface area (Å²) in [5.74, 6) is 0.597. The molecule has 25 heavy (non-hydrogen) atoms. The van der Waals surface area contributed by atoms with Gasteiger partial charge < -0.3 is 4.74 Å². The summed E-state index contributed by atoms with van der Waals surface area (Å²) in [6.07, 6.45) is 1.64. The molecule has 3 rings (SSSR count). The van der Waals surface area contributed by atoms with Crippen molar-refractivity contribution in [2.45, 2.75) is 0 Å². The molecule has 0 saturated heterocycles. The molecule has 1 heterocycles. The number of halogens is 1. The van der Waals surface area contributed by atoms with Crippen LogP contribution in [0.2, 0.25) is 0 Å². The second-order valence-corrected chi connectivity index (χ2v) is 6.68. The van der Waals surface area contributed by atoms with E-state index >= 15 is 0 Å². The number of thiazole rings is 1. The quantitative estimate of drug-likeness (QED) is 0.460. The number of nitriles is 1. The van der Waals surface area contributed by atoms with Gasteiger partial charge >= 0.3 is 0 Å². The first-order valence-electron chi connectivity index (χ1n) is 7.35. The first-order chi connectivity index (χ1) is 12.3. The van der Waals surface area contributed by atoms with Crippen LogP contribution in [0.4, 0.5) is 5.13 Å². The predicted molar refractivity (Wildman–Crippen MR) is 104 cm³/mol. The number of rotatable bonds is 6. The molecule has 0 spiro atoms. The highest BCUT2D eigenvalue weighted by Crippen LogP contribution is 2.25. The van der Waals surface area contributed by atoms with Crippen LogP contribution < -0.4 is 10.2 Å². The van der Waals surface area contributed by atoms with Gasteiger partial charge in [-0.2, -0.15) is 10.4 Å². The first kappa shape index (κ1) is 17.1. The molecular formula is C18H13BrN4OS. The van der Waals surface area contributed by atoms with Gasteiger partial charge in [0.1, 0.15) is 11.8 Å². The Hall–Kier alpha value is -2.69. The fourth-order valence-corrected chi connectivity index (χ4v) is 3.13. The van der Waals surface area contributed by atoms with E-state index in [1.54, 1.807) is 12.3 Å². The number of hydrazone groups is 1. The van der Waals surface area contributed by atoms with Crippen molar-refractivity contribution in [3.63, 3.8) is 0 Å². The van der Waals surface area contributed by atoms with Crippen LogP contribution in [0.1, 0.15) is 5.56 Å². The summed E-state index contributed by atoms with van der Waals surface area (Å²) in [5, 5.41) is 15.6. The Kier molecular flexibility index (Phi) is 5.77. The minimum absolute atomic E-state index is 0.0111. The first-order valence-corrected chi connectivity index (χ1v) is 9.03. The number of benzene rings is 2. The third-order valence-electron chi connectivity index (χ3n) is 3.20. The standard InChI is InChI=1S/C18H13BrN4OS/c19-15-6-7-17(24-9-8-20)14(10-15)11-21-23-18-22-16(12-25-18)13-4-2-1-3-5-13/h1-7,10-12H,9H2,(H,22,23). The van der Waals surface area contributed by atoms with Crippen LogP contribution in [0, 0.1) is 11.3 Å². The van der Waals surface area contributed by atoms with E-state index in [2.05, 4.69) is 31.4 Å². The highest BCUT2D eigenvalue weighted by molar-refractivity contribution is 9.10. The molecule has 0 atom stereocenters. The van der Waals surface area contributed by atoms with Crippen LogP contribution in [0.25, 0.3) is 11.3 Å². The minimum atomic E-state index is -0.0111. The summed E-state index contributed by atoms with van der Waals surface area (Å²) in [7, 11) is 0. The molecule has 0 aliphatic carbocycles. The van der Waals surface area contributed by atoms with Crippen molar-refractivity contribution in [2.75, 3.05) is 12.0 Å². The Morgan fingerprint density at radius 1 is 1.28 bits per heavy atom. The zero-order valence-electron chi connectivity index (χ0n) is 13.0. The maximum atomic E-state index is 8.66. The number of hydrogen-bond donors (Lipinski definition) is 1. The summed E-state index contributed by atoms with van der Waals surface area (Å²) in [6, 6.07) is 17.4. The van der Waals surface area contributed by atoms with E-state index in [4.69, 9.17) is 10.00 Å². The molecule has 1 aromatic heterocycles. The lowest BCUT2D eigenvalue weighted by Gasteiger charge is -2.05. The second kappa shape index (κ2) is 8.42. The third kappa shape index (κ3) is 4.66. The lowest BCUT2D eigenvalue weighted by atomic mass is 10.2. The fourth-order valence-electron chi connectivity index (χ4n) is 2.09. The van der Waals surface area contributed by atoms with Gasteiger partial charge in [0.25, 0.3) is 0 Å². The van der Waals surface area contributed by atoms with E-state index in [0.29, 0.717) is 10.9 Å². The second-order valence-electron chi connectivity index (χ2n) is 4.90. The molecule has 2 aromatic carbocycles. The van der Waals surface area contributed by atoms with Crippen LogP contribution in [0.5, 0.6) is 5.75 Å². The van der Waals surface area contributed by atoms with E-state index in [1.165, 1.54) is 11.3 Å². The van der Waals surface area contributed by atoms with Crippen molar-refractivity contribution in [3.05, 3.63) is 63.9 Å². The Balaban J connectivity index is 1.71. The van der Waals surface area contributed by atoms with Crippen molar-refractivity contribution < 1.29 is 4.74 Å². The average molecular weight is 413 g/mol. The maximum Gasteiger partial charge on any atom is 0.203 e. The lowest BCUT2D eigenvalue weighted by Crippen LogP contribution is -1.98. The van der Waals surface area contributed by atoms with Crippen LogP contribution in [-0.2, 0) is 0 Å². The van der Waals surface area contributed by atoms with Crippen LogP contribution >= 0.6 is 27.3 Å². The molecule has 0 fully saturated rings. The fraction of sp³-hybridized carbons (Fsp3) is 0.0556. The van der Waals surface area contributed by atoms with E-state index < -0.39 is 0 Å². The summed E-state index contributed by atoms with van der Waals surface area (Å²) >= 11 is 4.90. The van der Waals surface area contributed by atoms with Crippen LogP contribution in [0.3, 0.4) is 0 Å². The topological polar surface area (TPSA) is 70.3 Å². The largest absolute Gasteiger partial charge is 0.478 e. The average Bonchev–Trinajstić information content (AvgIpc) is 3.11. The molecule has 0 unspecified atom stereocenters. The van der Waals surface area contributed by atoms with E-state index in [1.807, 2.05) is 53.9 Å². The van der Waals surface area contributed by atoms with E-state index in [9.17, 15) is 0 Å². The molecule has 0 aliphatic heterocycles. The lowest BCUT2D eigenvalue weighted by molar-refractivity contribution is 0.367. The molecule has 5 nitrogen and oxygen atoms in total. The van der Waals surface area contributed by atoms with Crippen LogP contribution in [0.15, 0.2) is 63.5 Å². The molecule has 0 aliphatic rings. The molecular weight excluding hydrogens is 400 g/mol. The molecule has 0 radical (unpaired) electrons. The number of ether oxygens (including phenoxy) is 1. The van der Waals surface area contributed by atoms with Gasteiger partial charge in [0, 0.05) is 21.0 Å². The summed E-state index contributed by atoms with van der Waals surface area (Å²) in [4.78, 5) is 4.51. The van der Waals surface area contributed by atoms with Gasteiger partial charge in [0.2, 0.25) is 5.13 Å². The van der Waals surface area contributed by atoms with Gasteiger partial charge in [0.15, 0.2) is 6.61 Å². The van der Waals surface area contributed by atoms with Crippen molar-refractivity contribution in [3.8, 4) is 23.1 Å². The van der Waals surface area contributed by atoms with E-state index in [0.717, 1.165) is 21.3 Å². The Bertz CT molecular complexity index is 918. The van der Waals surface area contributed by atoms with E-state index in [-0.39, 0.29) is 6.61 Å². The molecule has 7 heteroatoms. The minimum Gasteiger partial charge on any atom is -0.478 e. The van der Waals surface area contributed by atoms with Crippen molar-refractivity contribution in [1.29, 1.82) is 5.26 Å². The highest BCUT2D eigenvalue weighted by Gasteiger charge is 2.04. The maximum absolute atomic E-state index is 8.66. The zero-order valence-corrected chi connectivity index (χ0v) is 15.4. The number of nitrogens with zero attached hydrogens (tertiary/aromatic N) is 3. The summed E-state index contributed by atoms with van der Waals surface area (Å²) in [5.41, 5.74) is 5.66.